The van der Waals surface area contributed by atoms with Crippen molar-refractivity contribution < 1.29 is 30.7 Å². The zero-order valence-electron chi connectivity index (χ0n) is 10.7. The average Bonchev–Trinajstić information content (AvgIpc) is 2.35. The third kappa shape index (κ3) is 4.94. The molecule has 0 radical (unpaired) electrons. The first-order valence-electron chi connectivity index (χ1n) is 5.79. The molecule has 0 aliphatic rings. The van der Waals surface area contributed by atoms with Gasteiger partial charge in [-0.15, -0.1) is 0 Å². The van der Waals surface area contributed by atoms with Crippen molar-refractivity contribution in [2.45, 2.75) is 25.4 Å². The van der Waals surface area contributed by atoms with Gasteiger partial charge in [0.1, 0.15) is 11.6 Å². The highest BCUT2D eigenvalue weighted by Crippen LogP contribution is 2.32. The van der Waals surface area contributed by atoms with E-state index in [1.807, 2.05) is 0 Å². The van der Waals surface area contributed by atoms with Crippen molar-refractivity contribution in [3.8, 4) is 0 Å². The van der Waals surface area contributed by atoms with Crippen LogP contribution in [0, 0.1) is 0 Å². The third-order valence-electron chi connectivity index (χ3n) is 2.34. The largest absolute Gasteiger partial charge is 0.416 e. The zero-order chi connectivity index (χ0) is 16.3. The Morgan fingerprint density at radius 3 is 2.00 bits per heavy atom. The minimum Gasteiger partial charge on any atom is -0.370 e. The fraction of sp³-hybridized carbons (Fsp3) is 0.545. The van der Waals surface area contributed by atoms with Crippen LogP contribution < -0.4 is 10.6 Å². The number of nitrogens with one attached hydrogen (secondary N) is 2. The Morgan fingerprint density at radius 1 is 1.05 bits per heavy atom. The number of hydrogen-bond acceptors (Lipinski definition) is 3. The topological polar surface area (TPSA) is 37.0 Å². The molecule has 2 N–H and O–H groups in total. The lowest BCUT2D eigenvalue weighted by Gasteiger charge is -2.17. The molecule has 3 nitrogen and oxygen atoms in total. The summed E-state index contributed by atoms with van der Waals surface area (Å²) in [5.41, 5.74) is -1.13. The number of halogens is 7. The van der Waals surface area contributed by atoms with Crippen LogP contribution >= 0.6 is 0 Å². The Hall–Kier alpha value is -1.74. The monoisotopic (exact) mass is 319 g/mol. The molecule has 0 aromatic carbocycles. The number of rotatable bonds is 6. The molecule has 1 rings (SSSR count). The maximum atomic E-state index is 12.7. The molecule has 1 aromatic heterocycles. The van der Waals surface area contributed by atoms with Crippen molar-refractivity contribution in [2.24, 2.45) is 0 Å². The Labute approximate surface area is 115 Å². The van der Waals surface area contributed by atoms with E-state index in [1.165, 1.54) is 0 Å². The second kappa shape index (κ2) is 6.35. The molecule has 1 aromatic rings. The molecule has 1 heterocycles. The molecule has 0 saturated heterocycles. The lowest BCUT2D eigenvalue weighted by molar-refractivity contribution is -0.137. The lowest BCUT2D eigenvalue weighted by Crippen LogP contribution is -2.35. The summed E-state index contributed by atoms with van der Waals surface area (Å²) in [7, 11) is 0. The van der Waals surface area contributed by atoms with Crippen molar-refractivity contribution in [2.75, 3.05) is 23.7 Å². The van der Waals surface area contributed by atoms with Crippen LogP contribution in [0.15, 0.2) is 12.1 Å². The van der Waals surface area contributed by atoms with E-state index >= 15 is 0 Å². The smallest absolute Gasteiger partial charge is 0.370 e. The van der Waals surface area contributed by atoms with Crippen molar-refractivity contribution in [1.29, 1.82) is 0 Å². The van der Waals surface area contributed by atoms with Gasteiger partial charge < -0.3 is 10.6 Å². The Bertz CT molecular complexity index is 473. The van der Waals surface area contributed by atoms with Crippen LogP contribution in [0.1, 0.15) is 12.5 Å². The predicted octanol–water partition coefficient (Wildman–Crippen LogP) is 3.84. The molecule has 0 bridgehead atoms. The van der Waals surface area contributed by atoms with Crippen LogP contribution in [0.4, 0.5) is 42.4 Å². The Kier molecular flexibility index (Phi) is 5.24. The molecule has 0 saturated carbocycles. The highest BCUT2D eigenvalue weighted by molar-refractivity contribution is 5.49. The van der Waals surface area contributed by atoms with E-state index in [9.17, 15) is 30.7 Å². The SMILES string of the molecule is CCNc1cc(C(F)(F)F)cc(NCC(F)(F)C(F)F)n1. The molecule has 0 aliphatic heterocycles. The van der Waals surface area contributed by atoms with Gasteiger partial charge in [0.2, 0.25) is 0 Å². The van der Waals surface area contributed by atoms with E-state index in [4.69, 9.17) is 0 Å². The first kappa shape index (κ1) is 17.3. The number of hydrogen-bond donors (Lipinski definition) is 2. The fourth-order valence-electron chi connectivity index (χ4n) is 1.34. The van der Waals surface area contributed by atoms with Gasteiger partial charge in [-0.25, -0.2) is 13.8 Å². The van der Waals surface area contributed by atoms with Gasteiger partial charge in [-0.1, -0.05) is 0 Å². The molecule has 10 heteroatoms. The summed E-state index contributed by atoms with van der Waals surface area (Å²) in [5, 5.41) is 4.29. The summed E-state index contributed by atoms with van der Waals surface area (Å²) >= 11 is 0. The van der Waals surface area contributed by atoms with Gasteiger partial charge in [-0.05, 0) is 19.1 Å². The third-order valence-corrected chi connectivity index (χ3v) is 2.34. The zero-order valence-corrected chi connectivity index (χ0v) is 10.7. The van der Waals surface area contributed by atoms with E-state index in [0.717, 1.165) is 0 Å². The standard InChI is InChI=1S/C11H12F7N3/c1-2-19-7-3-6(11(16,17)18)4-8(21-7)20-5-10(14,15)9(12)13/h3-4,9H,2,5H2,1H3,(H2,19,20,21). The van der Waals surface area contributed by atoms with Crippen LogP contribution in [0.5, 0.6) is 0 Å². The lowest BCUT2D eigenvalue weighted by atomic mass is 10.2. The number of nitrogens with zero attached hydrogens (tertiary/aromatic N) is 1. The number of aromatic nitrogens is 1. The molecular formula is C11H12F7N3. The van der Waals surface area contributed by atoms with Gasteiger partial charge in [-0.2, -0.15) is 22.0 Å². The van der Waals surface area contributed by atoms with Gasteiger partial charge in [-0.3, -0.25) is 0 Å². The molecule has 0 atom stereocenters. The highest BCUT2D eigenvalue weighted by atomic mass is 19.4. The summed E-state index contributed by atoms with van der Waals surface area (Å²) < 4.78 is 87.4. The number of alkyl halides is 7. The number of pyridine rings is 1. The summed E-state index contributed by atoms with van der Waals surface area (Å²) in [6.45, 7) is 0.325. The second-order valence-corrected chi connectivity index (χ2v) is 4.07. The Balaban J connectivity index is 2.98. The van der Waals surface area contributed by atoms with Gasteiger partial charge in [0.15, 0.2) is 0 Å². The fourth-order valence-corrected chi connectivity index (χ4v) is 1.34. The Morgan fingerprint density at radius 2 is 1.57 bits per heavy atom. The van der Waals surface area contributed by atoms with E-state index in [0.29, 0.717) is 12.1 Å². The van der Waals surface area contributed by atoms with Gasteiger partial charge in [0.25, 0.3) is 0 Å². The molecule has 120 valence electrons. The molecule has 0 fully saturated rings. The van der Waals surface area contributed by atoms with E-state index in [1.54, 1.807) is 12.2 Å². The minimum atomic E-state index is -4.71. The van der Waals surface area contributed by atoms with E-state index in [2.05, 4.69) is 10.3 Å². The minimum absolute atomic E-state index is 0.199. The molecule has 0 aliphatic carbocycles. The maximum Gasteiger partial charge on any atom is 0.416 e. The summed E-state index contributed by atoms with van der Waals surface area (Å²) in [5.74, 6) is -5.13. The van der Waals surface area contributed by atoms with Crippen LogP contribution in [-0.4, -0.2) is 30.4 Å². The second-order valence-electron chi connectivity index (χ2n) is 4.07. The predicted molar refractivity (Wildman–Crippen MR) is 62.8 cm³/mol. The molecule has 0 spiro atoms. The van der Waals surface area contributed by atoms with Gasteiger partial charge in [0, 0.05) is 6.54 Å². The molecule has 0 amide bonds. The van der Waals surface area contributed by atoms with Crippen molar-refractivity contribution in [3.05, 3.63) is 17.7 Å². The van der Waals surface area contributed by atoms with Gasteiger partial charge >= 0.3 is 18.5 Å². The average molecular weight is 319 g/mol. The van der Waals surface area contributed by atoms with Crippen LogP contribution in [0.25, 0.3) is 0 Å². The van der Waals surface area contributed by atoms with Crippen LogP contribution in [-0.2, 0) is 6.18 Å². The molecular weight excluding hydrogens is 307 g/mol. The number of anilines is 2. The van der Waals surface area contributed by atoms with Gasteiger partial charge in [0.05, 0.1) is 12.1 Å². The molecule has 0 unspecified atom stereocenters. The highest BCUT2D eigenvalue weighted by Gasteiger charge is 2.40. The first-order valence-corrected chi connectivity index (χ1v) is 5.79. The van der Waals surface area contributed by atoms with Crippen LogP contribution in [0.3, 0.4) is 0 Å². The first-order chi connectivity index (χ1) is 9.56. The summed E-state index contributed by atoms with van der Waals surface area (Å²) in [4.78, 5) is 3.60. The summed E-state index contributed by atoms with van der Waals surface area (Å²) in [6, 6.07) is 1.17. The normalized spacial score (nSPS) is 12.6. The maximum absolute atomic E-state index is 12.7. The van der Waals surface area contributed by atoms with Crippen molar-refractivity contribution >= 4 is 11.6 Å². The summed E-state index contributed by atoms with van der Waals surface area (Å²) in [6.07, 6.45) is -8.64. The molecule has 21 heavy (non-hydrogen) atoms. The van der Waals surface area contributed by atoms with E-state index in [-0.39, 0.29) is 12.4 Å². The van der Waals surface area contributed by atoms with Crippen molar-refractivity contribution in [1.82, 2.24) is 4.98 Å². The van der Waals surface area contributed by atoms with Crippen LogP contribution in [0.2, 0.25) is 0 Å². The quantitative estimate of drug-likeness (QED) is 0.782. The van der Waals surface area contributed by atoms with E-state index < -0.39 is 36.5 Å². The van der Waals surface area contributed by atoms with Crippen molar-refractivity contribution in [3.63, 3.8) is 0 Å².